The molecule has 0 bridgehead atoms. The zero-order valence-electron chi connectivity index (χ0n) is 14.0. The number of hydrogen-bond acceptors (Lipinski definition) is 10. The molecule has 0 aliphatic heterocycles. The van der Waals surface area contributed by atoms with Crippen LogP contribution in [0, 0.1) is 0 Å². The van der Waals surface area contributed by atoms with Crippen LogP contribution in [0.2, 0.25) is 0 Å². The maximum Gasteiger partial charge on any atom is 0.285 e. The Bertz CT molecular complexity index is 1010. The van der Waals surface area contributed by atoms with Crippen molar-refractivity contribution in [1.29, 1.82) is 0 Å². The highest BCUT2D eigenvalue weighted by Crippen LogP contribution is 2.23. The molecule has 0 unspecified atom stereocenters. The van der Waals surface area contributed by atoms with Gasteiger partial charge in [0.2, 0.25) is 5.95 Å². The van der Waals surface area contributed by atoms with Crippen LogP contribution in [0.25, 0.3) is 0 Å². The molecule has 0 radical (unpaired) electrons. The van der Waals surface area contributed by atoms with Gasteiger partial charge in [-0.15, -0.1) is 9.19 Å². The van der Waals surface area contributed by atoms with Crippen LogP contribution in [0.5, 0.6) is 0 Å². The van der Waals surface area contributed by atoms with Crippen LogP contribution in [0.4, 0.5) is 17.5 Å². The molecule has 13 heteroatoms. The number of rotatable bonds is 7. The number of aromatic nitrogens is 6. The first kappa shape index (κ1) is 19.1. The normalized spacial score (nSPS) is 12.6. The highest BCUT2D eigenvalue weighted by molar-refractivity contribution is 9.10. The fourth-order valence-corrected chi connectivity index (χ4v) is 3.31. The monoisotopic (exact) mass is 454 g/mol. The summed E-state index contributed by atoms with van der Waals surface area (Å²) in [4.78, 5) is 8.52. The zero-order valence-corrected chi connectivity index (χ0v) is 16.4. The van der Waals surface area contributed by atoms with Gasteiger partial charge >= 0.3 is 0 Å². The molecule has 0 aliphatic carbocycles. The summed E-state index contributed by atoms with van der Waals surface area (Å²) in [5.41, 5.74) is 0.592. The molecule has 0 fully saturated rings. The van der Waals surface area contributed by atoms with Gasteiger partial charge in [-0.05, 0) is 57.5 Å². The average Bonchev–Trinajstić information content (AvgIpc) is 3.20. The molecule has 142 valence electrons. The molecule has 0 amide bonds. The van der Waals surface area contributed by atoms with E-state index in [0.29, 0.717) is 26.0 Å². The van der Waals surface area contributed by atoms with Crippen LogP contribution in [-0.2, 0) is 10.0 Å². The molecule has 3 rings (SSSR count). The van der Waals surface area contributed by atoms with Gasteiger partial charge in [0, 0.05) is 17.9 Å². The molecule has 2 heterocycles. The van der Waals surface area contributed by atoms with E-state index in [1.165, 1.54) is 12.1 Å². The van der Waals surface area contributed by atoms with E-state index in [1.807, 2.05) is 6.92 Å². The SMILES string of the molecule is C[C@H](CO)Nc1nc(Nc2ccc(S(=O)(=O)n3cnnn3)cc2)ncc1Br. The van der Waals surface area contributed by atoms with Crippen molar-refractivity contribution in [2.45, 2.75) is 17.9 Å². The maximum absolute atomic E-state index is 12.3. The van der Waals surface area contributed by atoms with E-state index in [1.54, 1.807) is 18.3 Å². The third kappa shape index (κ3) is 4.37. The summed E-state index contributed by atoms with van der Waals surface area (Å²) in [5.74, 6) is 0.828. The topological polar surface area (TPSA) is 148 Å². The lowest BCUT2D eigenvalue weighted by atomic mass is 10.3. The Hall–Kier alpha value is -2.64. The van der Waals surface area contributed by atoms with Crippen LogP contribution >= 0.6 is 15.9 Å². The van der Waals surface area contributed by atoms with Gasteiger partial charge in [-0.3, -0.25) is 0 Å². The van der Waals surface area contributed by atoms with E-state index in [2.05, 4.69) is 52.1 Å². The number of tetrazole rings is 1. The number of aliphatic hydroxyl groups is 1. The summed E-state index contributed by atoms with van der Waals surface area (Å²) in [6, 6.07) is 5.81. The minimum atomic E-state index is -3.83. The lowest BCUT2D eigenvalue weighted by Gasteiger charge is -2.14. The second-order valence-electron chi connectivity index (χ2n) is 5.45. The second-order valence-corrected chi connectivity index (χ2v) is 8.10. The highest BCUT2D eigenvalue weighted by atomic mass is 79.9. The van der Waals surface area contributed by atoms with Crippen molar-refractivity contribution in [3.8, 4) is 0 Å². The maximum atomic E-state index is 12.3. The van der Waals surface area contributed by atoms with E-state index < -0.39 is 10.0 Å². The van der Waals surface area contributed by atoms with Crippen molar-refractivity contribution >= 4 is 43.4 Å². The summed E-state index contributed by atoms with van der Waals surface area (Å²) >= 11 is 3.34. The number of hydrogen-bond donors (Lipinski definition) is 3. The minimum Gasteiger partial charge on any atom is -0.394 e. The first-order valence-electron chi connectivity index (χ1n) is 7.65. The largest absolute Gasteiger partial charge is 0.394 e. The first-order chi connectivity index (χ1) is 12.9. The minimum absolute atomic E-state index is 0.0381. The Morgan fingerprint density at radius 1 is 1.30 bits per heavy atom. The Kier molecular flexibility index (Phi) is 5.62. The predicted molar refractivity (Wildman–Crippen MR) is 100 cm³/mol. The summed E-state index contributed by atoms with van der Waals surface area (Å²) < 4.78 is 26.0. The number of benzene rings is 1. The Morgan fingerprint density at radius 2 is 2.04 bits per heavy atom. The van der Waals surface area contributed by atoms with Gasteiger partial charge in [-0.2, -0.15) is 13.4 Å². The van der Waals surface area contributed by atoms with E-state index in [4.69, 9.17) is 5.11 Å². The standard InChI is InChI=1S/C14H15BrN8O3S/c1-9(7-24)18-13-12(15)6-16-14(20-13)19-10-2-4-11(5-3-10)27(25,26)23-8-17-21-22-23/h2-6,8-9,24H,7H2,1H3,(H2,16,18,19,20)/t9-/m1/s1. The van der Waals surface area contributed by atoms with Gasteiger partial charge in [0.25, 0.3) is 10.0 Å². The van der Waals surface area contributed by atoms with Gasteiger partial charge in [0.05, 0.1) is 16.0 Å². The van der Waals surface area contributed by atoms with Crippen molar-refractivity contribution in [3.05, 3.63) is 41.3 Å². The highest BCUT2D eigenvalue weighted by Gasteiger charge is 2.18. The van der Waals surface area contributed by atoms with Crippen molar-refractivity contribution in [1.82, 2.24) is 29.6 Å². The number of anilines is 3. The molecule has 0 saturated carbocycles. The molecular formula is C14H15BrN8O3S. The number of halogens is 1. The smallest absolute Gasteiger partial charge is 0.285 e. The number of nitrogens with zero attached hydrogens (tertiary/aromatic N) is 6. The molecule has 3 aromatic rings. The molecule has 3 N–H and O–H groups in total. The van der Waals surface area contributed by atoms with Crippen LogP contribution in [0.15, 0.2) is 46.2 Å². The molecule has 2 aromatic heterocycles. The predicted octanol–water partition coefficient (Wildman–Crippen LogP) is 0.999. The van der Waals surface area contributed by atoms with Gasteiger partial charge in [0.1, 0.15) is 5.82 Å². The van der Waals surface area contributed by atoms with E-state index in [-0.39, 0.29) is 17.5 Å². The van der Waals surface area contributed by atoms with Crippen molar-refractivity contribution in [3.63, 3.8) is 0 Å². The quantitative estimate of drug-likeness (QED) is 0.471. The Balaban J connectivity index is 1.78. The third-order valence-electron chi connectivity index (χ3n) is 3.39. The summed E-state index contributed by atoms with van der Waals surface area (Å²) in [6.07, 6.45) is 2.58. The van der Waals surface area contributed by atoms with Gasteiger partial charge in [-0.1, -0.05) is 0 Å². The number of nitrogens with one attached hydrogen (secondary N) is 2. The molecule has 1 atom stereocenters. The van der Waals surface area contributed by atoms with Gasteiger partial charge < -0.3 is 15.7 Å². The average molecular weight is 455 g/mol. The summed E-state index contributed by atoms with van der Waals surface area (Å²) in [6.45, 7) is 1.77. The lowest BCUT2D eigenvalue weighted by molar-refractivity contribution is 0.281. The third-order valence-corrected chi connectivity index (χ3v) is 5.49. The Labute approximate surface area is 163 Å². The van der Waals surface area contributed by atoms with Crippen molar-refractivity contribution in [2.24, 2.45) is 0 Å². The zero-order chi connectivity index (χ0) is 19.4. The van der Waals surface area contributed by atoms with Crippen molar-refractivity contribution < 1.29 is 13.5 Å². The van der Waals surface area contributed by atoms with Crippen LogP contribution < -0.4 is 10.6 Å². The molecule has 27 heavy (non-hydrogen) atoms. The first-order valence-corrected chi connectivity index (χ1v) is 9.89. The van der Waals surface area contributed by atoms with E-state index in [9.17, 15) is 8.42 Å². The number of aliphatic hydroxyl groups excluding tert-OH is 1. The molecule has 11 nitrogen and oxygen atoms in total. The molecular weight excluding hydrogens is 440 g/mol. The molecule has 0 saturated heterocycles. The van der Waals surface area contributed by atoms with Crippen molar-refractivity contribution in [2.75, 3.05) is 17.2 Å². The fourth-order valence-electron chi connectivity index (χ4n) is 2.02. The van der Waals surface area contributed by atoms with Crippen LogP contribution in [0.1, 0.15) is 6.92 Å². The lowest BCUT2D eigenvalue weighted by Crippen LogP contribution is -2.20. The molecule has 0 aliphatic rings. The molecule has 1 aromatic carbocycles. The van der Waals surface area contributed by atoms with Crippen LogP contribution in [0.3, 0.4) is 0 Å². The molecule has 0 spiro atoms. The second kappa shape index (κ2) is 7.94. The van der Waals surface area contributed by atoms with Gasteiger partial charge in [-0.25, -0.2) is 4.98 Å². The van der Waals surface area contributed by atoms with E-state index >= 15 is 0 Å². The van der Waals surface area contributed by atoms with Gasteiger partial charge in [0.15, 0.2) is 6.33 Å². The van der Waals surface area contributed by atoms with Crippen LogP contribution in [-0.4, -0.2) is 55.8 Å². The van der Waals surface area contributed by atoms with E-state index in [0.717, 1.165) is 6.33 Å². The summed E-state index contributed by atoms with van der Waals surface area (Å²) in [5, 5.41) is 25.2. The summed E-state index contributed by atoms with van der Waals surface area (Å²) in [7, 11) is -3.83. The fraction of sp³-hybridized carbons (Fsp3) is 0.214. The Morgan fingerprint density at radius 3 is 2.67 bits per heavy atom.